The molecule has 1 aliphatic heterocycles. The summed E-state index contributed by atoms with van der Waals surface area (Å²) in [6.45, 7) is 13.4. The number of anilines is 1. The average molecular weight is 334 g/mol. The number of benzene rings is 1. The predicted octanol–water partition coefficient (Wildman–Crippen LogP) is 3.36. The van der Waals surface area contributed by atoms with E-state index in [1.165, 1.54) is 0 Å². The van der Waals surface area contributed by atoms with E-state index in [2.05, 4.69) is 11.8 Å². The topological polar surface area (TPSA) is 53.0 Å². The van der Waals surface area contributed by atoms with Crippen molar-refractivity contribution in [1.29, 1.82) is 0 Å². The number of carbonyl (C=O) groups excluding carboxylic acids is 1. The Balaban J connectivity index is 2.02. The first-order valence-electron chi connectivity index (χ1n) is 8.55. The summed E-state index contributed by atoms with van der Waals surface area (Å²) in [5, 5.41) is 10.1. The Morgan fingerprint density at radius 1 is 1.12 bits per heavy atom. The molecule has 1 saturated heterocycles. The molecule has 1 aromatic carbocycles. The zero-order valence-electron chi connectivity index (χ0n) is 15.7. The summed E-state index contributed by atoms with van der Waals surface area (Å²) in [7, 11) is 0. The number of hydrogen-bond donors (Lipinski definition) is 1. The van der Waals surface area contributed by atoms with Crippen molar-refractivity contribution in [3.63, 3.8) is 0 Å². The van der Waals surface area contributed by atoms with Crippen LogP contribution in [0.15, 0.2) is 24.3 Å². The van der Waals surface area contributed by atoms with Crippen molar-refractivity contribution < 1.29 is 14.6 Å². The van der Waals surface area contributed by atoms with Crippen molar-refractivity contribution in [2.24, 2.45) is 0 Å². The molecule has 1 amide bonds. The molecule has 1 aromatic rings. The monoisotopic (exact) mass is 334 g/mol. The number of hydrogen-bond acceptors (Lipinski definition) is 4. The van der Waals surface area contributed by atoms with E-state index in [9.17, 15) is 9.90 Å². The fraction of sp³-hybridized carbons (Fsp3) is 0.632. The molecule has 1 atom stereocenters. The molecule has 2 rings (SSSR count). The second-order valence-corrected chi connectivity index (χ2v) is 8.07. The van der Waals surface area contributed by atoms with Gasteiger partial charge in [0.25, 0.3) is 0 Å². The molecule has 1 fully saturated rings. The molecule has 5 heteroatoms. The van der Waals surface area contributed by atoms with Crippen LogP contribution in [0.25, 0.3) is 0 Å². The Morgan fingerprint density at radius 3 is 2.17 bits per heavy atom. The molecular formula is C19H30N2O3. The number of aliphatic hydroxyl groups is 1. The van der Waals surface area contributed by atoms with E-state index in [0.29, 0.717) is 13.1 Å². The smallest absolute Gasteiger partial charge is 0.410 e. The Morgan fingerprint density at radius 2 is 1.71 bits per heavy atom. The number of rotatable bonds is 2. The highest BCUT2D eigenvalue weighted by Crippen LogP contribution is 2.26. The fourth-order valence-electron chi connectivity index (χ4n) is 2.89. The first-order chi connectivity index (χ1) is 11.0. The van der Waals surface area contributed by atoms with Gasteiger partial charge in [0.1, 0.15) is 5.60 Å². The van der Waals surface area contributed by atoms with Crippen LogP contribution < -0.4 is 4.90 Å². The van der Waals surface area contributed by atoms with Gasteiger partial charge < -0.3 is 19.6 Å². The van der Waals surface area contributed by atoms with E-state index < -0.39 is 11.2 Å². The normalized spacial score (nSPS) is 19.4. The van der Waals surface area contributed by atoms with E-state index in [4.69, 9.17) is 4.74 Å². The van der Waals surface area contributed by atoms with Crippen molar-refractivity contribution in [3.8, 4) is 0 Å². The lowest BCUT2D eigenvalue weighted by Crippen LogP contribution is -2.54. The fourth-order valence-corrected chi connectivity index (χ4v) is 2.89. The molecule has 0 aromatic heterocycles. The van der Waals surface area contributed by atoms with Crippen molar-refractivity contribution in [2.45, 2.75) is 58.8 Å². The molecule has 5 nitrogen and oxygen atoms in total. The average Bonchev–Trinajstić information content (AvgIpc) is 2.44. The summed E-state index contributed by atoms with van der Waals surface area (Å²) < 4.78 is 5.46. The molecule has 0 unspecified atom stereocenters. The number of piperazine rings is 1. The van der Waals surface area contributed by atoms with Gasteiger partial charge in [-0.05, 0) is 59.2 Å². The third-order valence-corrected chi connectivity index (χ3v) is 4.18. The van der Waals surface area contributed by atoms with Crippen molar-refractivity contribution >= 4 is 11.8 Å². The summed E-state index contributed by atoms with van der Waals surface area (Å²) in [5.41, 5.74) is 0.704. The van der Waals surface area contributed by atoms with E-state index in [1.54, 1.807) is 18.7 Å². The maximum absolute atomic E-state index is 12.2. The first kappa shape index (κ1) is 18.6. The van der Waals surface area contributed by atoms with Crippen LogP contribution in [0.4, 0.5) is 10.5 Å². The zero-order valence-corrected chi connectivity index (χ0v) is 15.7. The second-order valence-electron chi connectivity index (χ2n) is 8.07. The molecule has 1 aliphatic rings. The molecule has 0 saturated carbocycles. The highest BCUT2D eigenvalue weighted by Gasteiger charge is 2.30. The van der Waals surface area contributed by atoms with Gasteiger partial charge in [-0.25, -0.2) is 4.79 Å². The first-order valence-corrected chi connectivity index (χ1v) is 8.55. The van der Waals surface area contributed by atoms with Gasteiger partial charge in [-0.15, -0.1) is 0 Å². The van der Waals surface area contributed by atoms with Crippen LogP contribution in [0.1, 0.15) is 47.1 Å². The van der Waals surface area contributed by atoms with Gasteiger partial charge in [0, 0.05) is 31.4 Å². The van der Waals surface area contributed by atoms with Crippen LogP contribution in [-0.2, 0) is 10.3 Å². The van der Waals surface area contributed by atoms with Gasteiger partial charge in [0.05, 0.1) is 5.60 Å². The zero-order chi connectivity index (χ0) is 18.1. The lowest BCUT2D eigenvalue weighted by Gasteiger charge is -2.41. The molecule has 134 valence electrons. The maximum Gasteiger partial charge on any atom is 0.410 e. The van der Waals surface area contributed by atoms with Gasteiger partial charge in [0.15, 0.2) is 0 Å². The SMILES string of the molecule is C[C@H]1CN(C(=O)OC(C)(C)C)CCN1c1ccc(C(C)(C)O)cc1. The minimum Gasteiger partial charge on any atom is -0.444 e. The number of amides is 1. The third-order valence-electron chi connectivity index (χ3n) is 4.18. The minimum atomic E-state index is -0.834. The second kappa shape index (κ2) is 6.63. The van der Waals surface area contributed by atoms with Gasteiger partial charge in [-0.2, -0.15) is 0 Å². The highest BCUT2D eigenvalue weighted by molar-refractivity contribution is 5.69. The molecule has 1 N–H and O–H groups in total. The van der Waals surface area contributed by atoms with Crippen LogP contribution in [0.2, 0.25) is 0 Å². The Bertz CT molecular complexity index is 570. The number of ether oxygens (including phenoxy) is 1. The Labute approximate surface area is 145 Å². The quantitative estimate of drug-likeness (QED) is 0.901. The molecule has 0 aliphatic carbocycles. The van der Waals surface area contributed by atoms with E-state index in [-0.39, 0.29) is 12.1 Å². The summed E-state index contributed by atoms with van der Waals surface area (Å²) in [4.78, 5) is 16.3. The maximum atomic E-state index is 12.2. The molecule has 0 radical (unpaired) electrons. The number of nitrogens with zero attached hydrogens (tertiary/aromatic N) is 2. The molecule has 0 bridgehead atoms. The van der Waals surface area contributed by atoms with Gasteiger partial charge >= 0.3 is 6.09 Å². The predicted molar refractivity (Wildman–Crippen MR) is 96.3 cm³/mol. The lowest BCUT2D eigenvalue weighted by atomic mass is 9.98. The standard InChI is InChI=1S/C19H30N2O3/c1-14-13-20(17(22)24-18(2,3)4)11-12-21(14)16-9-7-15(8-10-16)19(5,6)23/h7-10,14,23H,11-13H2,1-6H3/t14-/m0/s1. The van der Waals surface area contributed by atoms with E-state index in [1.807, 2.05) is 45.0 Å². The van der Waals surface area contributed by atoms with Gasteiger partial charge in [-0.1, -0.05) is 12.1 Å². The van der Waals surface area contributed by atoms with Crippen LogP contribution in [0.5, 0.6) is 0 Å². The Hall–Kier alpha value is -1.75. The summed E-state index contributed by atoms with van der Waals surface area (Å²) >= 11 is 0. The van der Waals surface area contributed by atoms with Crippen LogP contribution in [-0.4, -0.2) is 47.4 Å². The van der Waals surface area contributed by atoms with Gasteiger partial charge in [-0.3, -0.25) is 0 Å². The van der Waals surface area contributed by atoms with Crippen molar-refractivity contribution in [1.82, 2.24) is 4.90 Å². The lowest BCUT2D eigenvalue weighted by molar-refractivity contribution is 0.0218. The van der Waals surface area contributed by atoms with Crippen LogP contribution in [0, 0.1) is 0 Å². The summed E-state index contributed by atoms with van der Waals surface area (Å²) in [5.74, 6) is 0. The highest BCUT2D eigenvalue weighted by atomic mass is 16.6. The van der Waals surface area contributed by atoms with Crippen molar-refractivity contribution in [2.75, 3.05) is 24.5 Å². The Kier molecular flexibility index (Phi) is 5.14. The largest absolute Gasteiger partial charge is 0.444 e. The van der Waals surface area contributed by atoms with E-state index >= 15 is 0 Å². The third kappa shape index (κ3) is 4.63. The van der Waals surface area contributed by atoms with Gasteiger partial charge in [0.2, 0.25) is 0 Å². The van der Waals surface area contributed by atoms with Crippen LogP contribution >= 0.6 is 0 Å². The summed E-state index contributed by atoms with van der Waals surface area (Å²) in [6, 6.07) is 8.20. The molecule has 24 heavy (non-hydrogen) atoms. The molecule has 1 heterocycles. The molecule has 0 spiro atoms. The number of carbonyl (C=O) groups is 1. The van der Waals surface area contributed by atoms with E-state index in [0.717, 1.165) is 17.8 Å². The molecular weight excluding hydrogens is 304 g/mol. The van der Waals surface area contributed by atoms with Crippen LogP contribution in [0.3, 0.4) is 0 Å². The van der Waals surface area contributed by atoms with Crippen molar-refractivity contribution in [3.05, 3.63) is 29.8 Å². The minimum absolute atomic E-state index is 0.208. The summed E-state index contributed by atoms with van der Waals surface area (Å²) in [6.07, 6.45) is -0.244.